The molecular formula is C25H18ClF3O3. The van der Waals surface area contributed by atoms with Crippen LogP contribution in [0, 0.1) is 0 Å². The van der Waals surface area contributed by atoms with Crippen LogP contribution in [0.2, 0.25) is 5.02 Å². The van der Waals surface area contributed by atoms with E-state index >= 15 is 0 Å². The number of carbonyl (C=O) groups is 1. The molecule has 0 amide bonds. The molecule has 3 aromatic rings. The van der Waals surface area contributed by atoms with Crippen LogP contribution in [0.25, 0.3) is 11.1 Å². The molecule has 1 saturated carbocycles. The molecule has 2 aliphatic rings. The van der Waals surface area contributed by atoms with Crippen molar-refractivity contribution in [3.05, 3.63) is 82.4 Å². The van der Waals surface area contributed by atoms with Gasteiger partial charge in [-0.3, -0.25) is 4.79 Å². The first-order valence-electron chi connectivity index (χ1n) is 10.2. The standard InChI is InChI=1S/C25H18ClF3O3/c26-20-3-1-2-16(12-20)17-8-15(9-19(11-17)25(27,28)29)10-23(30)24(6-7-24)18-4-5-21-22(13-18)32-14-31-21/h1-5,8-9,11-13H,6-7,10,14H2. The number of hydrogen-bond acceptors (Lipinski definition) is 3. The quantitative estimate of drug-likeness (QED) is 0.432. The Kier molecular flexibility index (Phi) is 4.93. The van der Waals surface area contributed by atoms with E-state index < -0.39 is 17.2 Å². The lowest BCUT2D eigenvalue weighted by atomic mass is 9.87. The van der Waals surface area contributed by atoms with Crippen molar-refractivity contribution in [1.82, 2.24) is 0 Å². The fourth-order valence-electron chi connectivity index (χ4n) is 4.19. The predicted octanol–water partition coefficient (Wildman–Crippen LogP) is 6.60. The first-order valence-corrected chi connectivity index (χ1v) is 10.5. The Balaban J connectivity index is 1.48. The highest BCUT2D eigenvalue weighted by molar-refractivity contribution is 6.30. The number of Topliss-reactive ketones (excluding diaryl/α,β-unsaturated/α-hetero) is 1. The number of carbonyl (C=O) groups excluding carboxylic acids is 1. The summed E-state index contributed by atoms with van der Waals surface area (Å²) in [6.07, 6.45) is -3.30. The van der Waals surface area contributed by atoms with Gasteiger partial charge >= 0.3 is 6.18 Å². The van der Waals surface area contributed by atoms with E-state index in [2.05, 4.69) is 0 Å². The Bertz CT molecular complexity index is 1220. The number of hydrogen-bond donors (Lipinski definition) is 0. The number of ether oxygens (including phenoxy) is 2. The van der Waals surface area contributed by atoms with E-state index in [0.717, 1.165) is 17.7 Å². The van der Waals surface area contributed by atoms with E-state index in [1.54, 1.807) is 42.5 Å². The molecule has 7 heteroatoms. The van der Waals surface area contributed by atoms with Gasteiger partial charge in [0.15, 0.2) is 11.5 Å². The first-order chi connectivity index (χ1) is 15.2. The molecule has 1 aliphatic carbocycles. The molecule has 1 heterocycles. The summed E-state index contributed by atoms with van der Waals surface area (Å²) in [5, 5.41) is 0.428. The molecule has 0 aromatic heterocycles. The van der Waals surface area contributed by atoms with Crippen molar-refractivity contribution in [2.45, 2.75) is 30.9 Å². The first kappa shape index (κ1) is 20.9. The molecule has 0 unspecified atom stereocenters. The summed E-state index contributed by atoms with van der Waals surface area (Å²) in [7, 11) is 0. The van der Waals surface area contributed by atoms with Crippen molar-refractivity contribution >= 4 is 17.4 Å². The normalized spacial score (nSPS) is 16.1. The van der Waals surface area contributed by atoms with Gasteiger partial charge in [0, 0.05) is 11.4 Å². The molecule has 0 radical (unpaired) electrons. The summed E-state index contributed by atoms with van der Waals surface area (Å²) in [4.78, 5) is 13.3. The third kappa shape index (κ3) is 3.84. The zero-order chi connectivity index (χ0) is 22.5. The molecule has 0 bridgehead atoms. The van der Waals surface area contributed by atoms with Gasteiger partial charge in [-0.1, -0.05) is 35.9 Å². The second-order valence-electron chi connectivity index (χ2n) is 8.18. The molecule has 3 aromatic carbocycles. The zero-order valence-corrected chi connectivity index (χ0v) is 17.6. The Morgan fingerprint density at radius 3 is 2.44 bits per heavy atom. The average molecular weight is 459 g/mol. The van der Waals surface area contributed by atoms with Crippen molar-refractivity contribution in [2.24, 2.45) is 0 Å². The smallest absolute Gasteiger partial charge is 0.416 e. The van der Waals surface area contributed by atoms with Crippen molar-refractivity contribution in [2.75, 3.05) is 6.79 Å². The van der Waals surface area contributed by atoms with Gasteiger partial charge in [-0.25, -0.2) is 0 Å². The van der Waals surface area contributed by atoms with Crippen molar-refractivity contribution in [3.8, 4) is 22.6 Å². The molecule has 1 fully saturated rings. The summed E-state index contributed by atoms with van der Waals surface area (Å²) in [5.74, 6) is 1.11. The maximum Gasteiger partial charge on any atom is 0.416 e. The van der Waals surface area contributed by atoms with Crippen LogP contribution < -0.4 is 9.47 Å². The molecule has 0 saturated heterocycles. The fourth-order valence-corrected chi connectivity index (χ4v) is 4.39. The highest BCUT2D eigenvalue weighted by Gasteiger charge is 2.51. The third-order valence-corrected chi connectivity index (χ3v) is 6.29. The van der Waals surface area contributed by atoms with Gasteiger partial charge in [0.05, 0.1) is 11.0 Å². The van der Waals surface area contributed by atoms with Crippen molar-refractivity contribution < 1.29 is 27.4 Å². The van der Waals surface area contributed by atoms with Gasteiger partial charge in [0.25, 0.3) is 0 Å². The van der Waals surface area contributed by atoms with Gasteiger partial charge in [-0.05, 0) is 71.5 Å². The van der Waals surface area contributed by atoms with E-state index in [1.165, 1.54) is 0 Å². The van der Waals surface area contributed by atoms with Gasteiger partial charge in [-0.2, -0.15) is 13.2 Å². The summed E-state index contributed by atoms with van der Waals surface area (Å²) in [5.41, 5.74) is 0.601. The number of ketones is 1. The summed E-state index contributed by atoms with van der Waals surface area (Å²) >= 11 is 6.03. The minimum absolute atomic E-state index is 0.0913. The lowest BCUT2D eigenvalue weighted by molar-refractivity contribution is -0.137. The van der Waals surface area contributed by atoms with E-state index in [9.17, 15) is 18.0 Å². The lowest BCUT2D eigenvalue weighted by Crippen LogP contribution is -2.22. The number of rotatable bonds is 5. The van der Waals surface area contributed by atoms with E-state index in [0.29, 0.717) is 46.1 Å². The maximum absolute atomic E-state index is 13.6. The fraction of sp³-hybridized carbons (Fsp3) is 0.240. The summed E-state index contributed by atoms with van der Waals surface area (Å²) in [6.45, 7) is 0.135. The minimum Gasteiger partial charge on any atom is -0.454 e. The highest BCUT2D eigenvalue weighted by Crippen LogP contribution is 2.51. The predicted molar refractivity (Wildman–Crippen MR) is 114 cm³/mol. The number of alkyl halides is 3. The Morgan fingerprint density at radius 1 is 0.938 bits per heavy atom. The largest absolute Gasteiger partial charge is 0.454 e. The Hall–Kier alpha value is -2.99. The molecule has 32 heavy (non-hydrogen) atoms. The minimum atomic E-state index is -4.53. The van der Waals surface area contributed by atoms with E-state index in [1.807, 2.05) is 6.07 Å². The molecule has 1 aliphatic heterocycles. The van der Waals surface area contributed by atoms with Crippen LogP contribution in [-0.2, 0) is 22.8 Å². The van der Waals surface area contributed by atoms with Crippen LogP contribution in [0.5, 0.6) is 11.5 Å². The summed E-state index contributed by atoms with van der Waals surface area (Å²) < 4.78 is 51.5. The van der Waals surface area contributed by atoms with Crippen LogP contribution in [0.1, 0.15) is 29.5 Å². The molecular weight excluding hydrogens is 441 g/mol. The lowest BCUT2D eigenvalue weighted by Gasteiger charge is -2.17. The topological polar surface area (TPSA) is 35.5 Å². The SMILES string of the molecule is O=C(Cc1cc(-c2cccc(Cl)c2)cc(C(F)(F)F)c1)C1(c2ccc3c(c2)OCO3)CC1. The molecule has 3 nitrogen and oxygen atoms in total. The average Bonchev–Trinajstić information content (AvgIpc) is 3.44. The maximum atomic E-state index is 13.6. The molecule has 0 N–H and O–H groups in total. The Labute approximate surface area is 187 Å². The monoisotopic (exact) mass is 458 g/mol. The third-order valence-electron chi connectivity index (χ3n) is 6.05. The molecule has 5 rings (SSSR count). The number of benzene rings is 3. The van der Waals surface area contributed by atoms with Gasteiger partial charge in [0.2, 0.25) is 6.79 Å². The van der Waals surface area contributed by atoms with Crippen molar-refractivity contribution in [1.29, 1.82) is 0 Å². The van der Waals surface area contributed by atoms with Crippen LogP contribution in [0.4, 0.5) is 13.2 Å². The molecule has 0 atom stereocenters. The Morgan fingerprint density at radius 2 is 1.72 bits per heavy atom. The van der Waals surface area contributed by atoms with Crippen LogP contribution >= 0.6 is 11.6 Å². The van der Waals surface area contributed by atoms with Crippen molar-refractivity contribution in [3.63, 3.8) is 0 Å². The van der Waals surface area contributed by atoms with Gasteiger partial charge < -0.3 is 9.47 Å². The second-order valence-corrected chi connectivity index (χ2v) is 8.61. The van der Waals surface area contributed by atoms with Crippen LogP contribution in [0.3, 0.4) is 0 Å². The second kappa shape index (κ2) is 7.55. The molecule has 0 spiro atoms. The summed E-state index contributed by atoms with van der Waals surface area (Å²) in [6, 6.07) is 15.8. The van der Waals surface area contributed by atoms with E-state index in [-0.39, 0.29) is 19.0 Å². The van der Waals surface area contributed by atoms with Crippen LogP contribution in [0.15, 0.2) is 60.7 Å². The van der Waals surface area contributed by atoms with Crippen LogP contribution in [-0.4, -0.2) is 12.6 Å². The zero-order valence-electron chi connectivity index (χ0n) is 16.8. The van der Waals surface area contributed by atoms with Gasteiger partial charge in [0.1, 0.15) is 5.78 Å². The van der Waals surface area contributed by atoms with E-state index in [4.69, 9.17) is 21.1 Å². The van der Waals surface area contributed by atoms with Gasteiger partial charge in [-0.15, -0.1) is 0 Å². The number of halogens is 4. The molecule has 164 valence electrons. The number of fused-ring (bicyclic) bond motifs is 1. The highest BCUT2D eigenvalue weighted by atomic mass is 35.5.